The first-order valence-electron chi connectivity index (χ1n) is 8.85. The first kappa shape index (κ1) is 18.9. The SMILES string of the molecule is COc1cc(C(=S)NCc2ccccc2C)ccc1OCc1ccccc1. The van der Waals surface area contributed by atoms with Crippen LogP contribution < -0.4 is 14.8 Å². The summed E-state index contributed by atoms with van der Waals surface area (Å²) in [6, 6.07) is 24.1. The van der Waals surface area contributed by atoms with Crippen molar-refractivity contribution in [3.8, 4) is 11.5 Å². The van der Waals surface area contributed by atoms with Gasteiger partial charge in [-0.25, -0.2) is 0 Å². The van der Waals surface area contributed by atoms with E-state index in [0.717, 1.165) is 11.1 Å². The molecule has 3 aromatic rings. The second-order valence-corrected chi connectivity index (χ2v) is 6.66. The van der Waals surface area contributed by atoms with E-state index >= 15 is 0 Å². The molecular formula is C23H23NO2S. The fraction of sp³-hybridized carbons (Fsp3) is 0.174. The van der Waals surface area contributed by atoms with Crippen LogP contribution in [0.5, 0.6) is 11.5 Å². The molecule has 3 rings (SSSR count). The highest BCUT2D eigenvalue weighted by Crippen LogP contribution is 2.29. The Balaban J connectivity index is 1.66. The molecular weight excluding hydrogens is 354 g/mol. The molecule has 0 spiro atoms. The van der Waals surface area contributed by atoms with Crippen LogP contribution in [0.25, 0.3) is 0 Å². The predicted molar refractivity (Wildman–Crippen MR) is 113 cm³/mol. The maximum atomic E-state index is 5.91. The van der Waals surface area contributed by atoms with Crippen LogP contribution in [-0.2, 0) is 13.2 Å². The third kappa shape index (κ3) is 5.08. The van der Waals surface area contributed by atoms with E-state index in [1.165, 1.54) is 11.1 Å². The molecule has 0 aromatic heterocycles. The van der Waals surface area contributed by atoms with Crippen molar-refractivity contribution in [2.75, 3.05) is 7.11 Å². The molecule has 0 atom stereocenters. The lowest BCUT2D eigenvalue weighted by Gasteiger charge is -2.14. The molecule has 4 heteroatoms. The van der Waals surface area contributed by atoms with Crippen molar-refractivity contribution in [3.63, 3.8) is 0 Å². The highest BCUT2D eigenvalue weighted by Gasteiger charge is 2.09. The Kier molecular flexibility index (Phi) is 6.44. The lowest BCUT2D eigenvalue weighted by Crippen LogP contribution is -2.22. The van der Waals surface area contributed by atoms with Crippen LogP contribution in [0.1, 0.15) is 22.3 Å². The van der Waals surface area contributed by atoms with Crippen molar-refractivity contribution in [1.82, 2.24) is 5.32 Å². The molecule has 0 amide bonds. The van der Waals surface area contributed by atoms with Crippen molar-refractivity contribution >= 4 is 17.2 Å². The summed E-state index contributed by atoms with van der Waals surface area (Å²) >= 11 is 5.55. The molecule has 27 heavy (non-hydrogen) atoms. The molecule has 0 radical (unpaired) electrons. The van der Waals surface area contributed by atoms with Gasteiger partial charge in [0.05, 0.1) is 7.11 Å². The van der Waals surface area contributed by atoms with E-state index < -0.39 is 0 Å². The van der Waals surface area contributed by atoms with Crippen LogP contribution in [-0.4, -0.2) is 12.1 Å². The molecule has 1 N–H and O–H groups in total. The van der Waals surface area contributed by atoms with Gasteiger partial charge < -0.3 is 14.8 Å². The molecule has 0 saturated carbocycles. The second-order valence-electron chi connectivity index (χ2n) is 6.25. The summed E-state index contributed by atoms with van der Waals surface area (Å²) in [7, 11) is 1.64. The molecule has 0 bridgehead atoms. The molecule has 0 aliphatic carbocycles. The van der Waals surface area contributed by atoms with Crippen LogP contribution in [0.15, 0.2) is 72.8 Å². The van der Waals surface area contributed by atoms with E-state index in [2.05, 4.69) is 24.4 Å². The second kappa shape index (κ2) is 9.19. The first-order chi connectivity index (χ1) is 13.2. The zero-order chi connectivity index (χ0) is 19.1. The highest BCUT2D eigenvalue weighted by molar-refractivity contribution is 7.80. The zero-order valence-corrected chi connectivity index (χ0v) is 16.4. The number of methoxy groups -OCH3 is 1. The number of hydrogen-bond donors (Lipinski definition) is 1. The molecule has 0 aliphatic rings. The summed E-state index contributed by atoms with van der Waals surface area (Å²) in [6.45, 7) is 3.29. The molecule has 3 nitrogen and oxygen atoms in total. The van der Waals surface area contributed by atoms with Crippen molar-refractivity contribution < 1.29 is 9.47 Å². The number of hydrogen-bond acceptors (Lipinski definition) is 3. The van der Waals surface area contributed by atoms with Gasteiger partial charge in [0.1, 0.15) is 11.6 Å². The Morgan fingerprint density at radius 1 is 0.926 bits per heavy atom. The van der Waals surface area contributed by atoms with E-state index in [9.17, 15) is 0 Å². The van der Waals surface area contributed by atoms with Gasteiger partial charge in [0.2, 0.25) is 0 Å². The average Bonchev–Trinajstić information content (AvgIpc) is 2.72. The summed E-state index contributed by atoms with van der Waals surface area (Å²) in [6.07, 6.45) is 0. The molecule has 0 fully saturated rings. The van der Waals surface area contributed by atoms with Gasteiger partial charge in [-0.05, 0) is 41.8 Å². The summed E-state index contributed by atoms with van der Waals surface area (Å²) in [5.74, 6) is 1.37. The monoisotopic (exact) mass is 377 g/mol. The van der Waals surface area contributed by atoms with Gasteiger partial charge in [0, 0.05) is 12.1 Å². The largest absolute Gasteiger partial charge is 0.493 e. The summed E-state index contributed by atoms with van der Waals surface area (Å²) < 4.78 is 11.4. The average molecular weight is 378 g/mol. The Bertz CT molecular complexity index is 909. The number of nitrogens with one attached hydrogen (secondary N) is 1. The minimum atomic E-state index is 0.493. The number of ether oxygens (including phenoxy) is 2. The molecule has 0 heterocycles. The molecule has 0 unspecified atom stereocenters. The van der Waals surface area contributed by atoms with Crippen molar-refractivity contribution in [1.29, 1.82) is 0 Å². The normalized spacial score (nSPS) is 10.3. The third-order valence-electron chi connectivity index (χ3n) is 4.36. The van der Waals surface area contributed by atoms with E-state index in [4.69, 9.17) is 21.7 Å². The van der Waals surface area contributed by atoms with Gasteiger partial charge in [0.25, 0.3) is 0 Å². The fourth-order valence-corrected chi connectivity index (χ4v) is 2.95. The van der Waals surface area contributed by atoms with E-state index in [1.54, 1.807) is 7.11 Å². The topological polar surface area (TPSA) is 30.5 Å². The molecule has 0 aliphatic heterocycles. The number of benzene rings is 3. The maximum Gasteiger partial charge on any atom is 0.161 e. The van der Waals surface area contributed by atoms with Gasteiger partial charge >= 0.3 is 0 Å². The van der Waals surface area contributed by atoms with Gasteiger partial charge in [-0.1, -0.05) is 66.8 Å². The number of thiocarbonyl (C=S) groups is 1. The summed E-state index contributed by atoms with van der Waals surface area (Å²) in [5.41, 5.74) is 4.49. The molecule has 0 saturated heterocycles. The minimum absolute atomic E-state index is 0.493. The highest BCUT2D eigenvalue weighted by atomic mass is 32.1. The van der Waals surface area contributed by atoms with Crippen molar-refractivity contribution in [3.05, 3.63) is 95.1 Å². The predicted octanol–water partition coefficient (Wildman–Crippen LogP) is 5.05. The van der Waals surface area contributed by atoms with Crippen LogP contribution in [0.2, 0.25) is 0 Å². The fourth-order valence-electron chi connectivity index (χ4n) is 2.75. The van der Waals surface area contributed by atoms with Crippen molar-refractivity contribution in [2.24, 2.45) is 0 Å². The van der Waals surface area contributed by atoms with Crippen LogP contribution in [0.3, 0.4) is 0 Å². The Morgan fingerprint density at radius 2 is 1.67 bits per heavy atom. The van der Waals surface area contributed by atoms with E-state index in [0.29, 0.717) is 29.6 Å². The van der Waals surface area contributed by atoms with E-state index in [-0.39, 0.29) is 0 Å². The molecule has 3 aromatic carbocycles. The van der Waals surface area contributed by atoms with Crippen molar-refractivity contribution in [2.45, 2.75) is 20.1 Å². The summed E-state index contributed by atoms with van der Waals surface area (Å²) in [5, 5.41) is 3.32. The standard InChI is InChI=1S/C23H23NO2S/c1-17-8-6-7-11-20(17)15-24-23(27)19-12-13-21(22(14-19)25-2)26-16-18-9-4-3-5-10-18/h3-14H,15-16H2,1-2H3,(H,24,27). The van der Waals surface area contributed by atoms with Crippen LogP contribution in [0.4, 0.5) is 0 Å². The minimum Gasteiger partial charge on any atom is -0.493 e. The Morgan fingerprint density at radius 3 is 2.41 bits per heavy atom. The summed E-state index contributed by atoms with van der Waals surface area (Å²) in [4.78, 5) is 0.686. The number of rotatable bonds is 7. The lowest BCUT2D eigenvalue weighted by atomic mass is 10.1. The Hall–Kier alpha value is -2.85. The maximum absolute atomic E-state index is 5.91. The molecule has 138 valence electrons. The van der Waals surface area contributed by atoms with Gasteiger partial charge in [-0.15, -0.1) is 0 Å². The lowest BCUT2D eigenvalue weighted by molar-refractivity contribution is 0.284. The Labute approximate surface area is 166 Å². The van der Waals surface area contributed by atoms with E-state index in [1.807, 2.05) is 60.7 Å². The smallest absolute Gasteiger partial charge is 0.161 e. The van der Waals surface area contributed by atoms with Gasteiger partial charge in [0.15, 0.2) is 11.5 Å². The zero-order valence-electron chi connectivity index (χ0n) is 15.6. The third-order valence-corrected chi connectivity index (χ3v) is 4.74. The number of aryl methyl sites for hydroxylation is 1. The van der Waals surface area contributed by atoms with Crippen LogP contribution >= 0.6 is 12.2 Å². The van der Waals surface area contributed by atoms with Crippen LogP contribution in [0, 0.1) is 6.92 Å². The first-order valence-corrected chi connectivity index (χ1v) is 9.25. The van der Waals surface area contributed by atoms with Gasteiger partial charge in [-0.2, -0.15) is 0 Å². The quantitative estimate of drug-likeness (QED) is 0.584. The van der Waals surface area contributed by atoms with Gasteiger partial charge in [-0.3, -0.25) is 0 Å².